The minimum atomic E-state index is 0.0418. The van der Waals surface area contributed by atoms with Crippen LogP contribution in [0.25, 0.3) is 78.7 Å². The highest BCUT2D eigenvalue weighted by molar-refractivity contribution is 5.94. The number of hydrogen-bond donors (Lipinski definition) is 0. The lowest BCUT2D eigenvalue weighted by Crippen LogP contribution is -2.28. The molecule has 0 radical (unpaired) electrons. The van der Waals surface area contributed by atoms with Crippen LogP contribution in [0, 0.1) is 11.3 Å². The van der Waals surface area contributed by atoms with Crippen molar-refractivity contribution in [1.29, 1.82) is 5.26 Å². The van der Waals surface area contributed by atoms with Crippen LogP contribution in [0.1, 0.15) is 48.8 Å². The highest BCUT2D eigenvalue weighted by Crippen LogP contribution is 2.58. The largest absolute Gasteiger partial charge is 0.208 e. The number of hydrogen-bond acceptors (Lipinski definition) is 4. The summed E-state index contributed by atoms with van der Waals surface area (Å²) in [5.41, 5.74) is 16.0. The summed E-state index contributed by atoms with van der Waals surface area (Å²) in [4.78, 5) is 14.6. The van der Waals surface area contributed by atoms with Crippen LogP contribution in [-0.2, 0) is 5.41 Å². The summed E-state index contributed by atoms with van der Waals surface area (Å²) in [5.74, 6) is 1.95. The van der Waals surface area contributed by atoms with E-state index in [0.29, 0.717) is 17.5 Å². The molecule has 2 aliphatic carbocycles. The van der Waals surface area contributed by atoms with E-state index < -0.39 is 0 Å². The first-order valence-electron chi connectivity index (χ1n) is 19.5. The quantitative estimate of drug-likeness (QED) is 0.172. The molecule has 10 rings (SSSR count). The minimum Gasteiger partial charge on any atom is -0.208 e. The van der Waals surface area contributed by atoms with Gasteiger partial charge >= 0.3 is 0 Å². The van der Waals surface area contributed by atoms with Crippen LogP contribution < -0.4 is 0 Å². The van der Waals surface area contributed by atoms with Gasteiger partial charge in [-0.05, 0) is 86.7 Å². The summed E-state index contributed by atoms with van der Waals surface area (Å²) in [6.45, 7) is 0. The molecule has 8 aromatic rings. The predicted molar refractivity (Wildman–Crippen MR) is 226 cm³/mol. The Morgan fingerprint density at radius 1 is 0.393 bits per heavy atom. The van der Waals surface area contributed by atoms with Crippen molar-refractivity contribution in [1.82, 2.24) is 15.0 Å². The SMILES string of the molecule is N#Cc1ccc2c(c1)-c1c(-c3cccc(-c4ccc(-c5ccc(-c6nc(-c7ccccc7)nc(-c7ccccc7)n6)cc5)cc4)c3)cccc1C21CCCCC1. The summed E-state index contributed by atoms with van der Waals surface area (Å²) < 4.78 is 0. The van der Waals surface area contributed by atoms with Crippen molar-refractivity contribution in [2.75, 3.05) is 0 Å². The van der Waals surface area contributed by atoms with Gasteiger partial charge in [0.25, 0.3) is 0 Å². The summed E-state index contributed by atoms with van der Waals surface area (Å²) in [7, 11) is 0. The number of nitrogens with zero attached hydrogens (tertiary/aromatic N) is 4. The van der Waals surface area contributed by atoms with E-state index in [2.05, 4.69) is 109 Å². The fourth-order valence-corrected chi connectivity index (χ4v) is 9.03. The van der Waals surface area contributed by atoms with Gasteiger partial charge in [-0.2, -0.15) is 5.26 Å². The number of nitriles is 1. The zero-order valence-electron chi connectivity index (χ0n) is 31.0. The van der Waals surface area contributed by atoms with Crippen molar-refractivity contribution in [2.45, 2.75) is 37.5 Å². The fraction of sp³-hybridized carbons (Fsp3) is 0.115. The Balaban J connectivity index is 0.954. The molecule has 0 N–H and O–H groups in total. The molecule has 1 spiro atoms. The molecule has 0 amide bonds. The second-order valence-electron chi connectivity index (χ2n) is 15.0. The molecule has 2 aliphatic rings. The van der Waals surface area contributed by atoms with Gasteiger partial charge < -0.3 is 0 Å². The van der Waals surface area contributed by atoms with E-state index in [1.54, 1.807) is 0 Å². The molecule has 1 aromatic heterocycles. The third-order valence-corrected chi connectivity index (χ3v) is 11.8. The van der Waals surface area contributed by atoms with E-state index in [4.69, 9.17) is 15.0 Å². The average Bonchev–Trinajstić information content (AvgIpc) is 3.55. The maximum absolute atomic E-state index is 9.85. The van der Waals surface area contributed by atoms with Gasteiger partial charge in [0.2, 0.25) is 0 Å². The Kier molecular flexibility index (Phi) is 8.42. The highest BCUT2D eigenvalue weighted by atomic mass is 15.0. The molecule has 0 atom stereocenters. The molecule has 4 heteroatoms. The molecule has 1 heterocycles. The Morgan fingerprint density at radius 3 is 1.48 bits per heavy atom. The maximum Gasteiger partial charge on any atom is 0.164 e. The first kappa shape index (κ1) is 33.6. The van der Waals surface area contributed by atoms with Crippen LogP contribution in [0.4, 0.5) is 0 Å². The fourth-order valence-electron chi connectivity index (χ4n) is 9.03. The van der Waals surface area contributed by atoms with Gasteiger partial charge in [0.05, 0.1) is 11.6 Å². The lowest BCUT2D eigenvalue weighted by molar-refractivity contribution is 0.353. The van der Waals surface area contributed by atoms with Gasteiger partial charge in [0.1, 0.15) is 0 Å². The summed E-state index contributed by atoms with van der Waals surface area (Å²) >= 11 is 0. The van der Waals surface area contributed by atoms with E-state index >= 15 is 0 Å². The summed E-state index contributed by atoms with van der Waals surface area (Å²) in [5, 5.41) is 9.85. The minimum absolute atomic E-state index is 0.0418. The zero-order chi connectivity index (χ0) is 37.5. The van der Waals surface area contributed by atoms with E-state index in [-0.39, 0.29) is 5.41 Å². The number of benzene rings is 7. The van der Waals surface area contributed by atoms with Crippen LogP contribution in [-0.4, -0.2) is 15.0 Å². The molecule has 1 fully saturated rings. The maximum atomic E-state index is 9.85. The molecular weight excluding hydrogens is 681 g/mol. The Morgan fingerprint density at radius 2 is 0.893 bits per heavy atom. The topological polar surface area (TPSA) is 62.5 Å². The average molecular weight is 719 g/mol. The van der Waals surface area contributed by atoms with Crippen molar-refractivity contribution in [2.24, 2.45) is 0 Å². The zero-order valence-corrected chi connectivity index (χ0v) is 31.0. The summed E-state index contributed by atoms with van der Waals surface area (Å²) in [6.07, 6.45) is 6.10. The smallest absolute Gasteiger partial charge is 0.164 e. The van der Waals surface area contributed by atoms with Gasteiger partial charge in [-0.25, -0.2) is 15.0 Å². The molecule has 7 aromatic carbocycles. The van der Waals surface area contributed by atoms with Crippen molar-refractivity contribution in [3.63, 3.8) is 0 Å². The first-order valence-corrected chi connectivity index (χ1v) is 19.5. The standard InChI is InChI=1S/C52H38N4/c53-34-35-20-29-46-45(32-35)48-44(18-11-19-47(48)52(46)30-8-3-9-31-52)43-17-10-16-42(33-43)38-23-21-36(22-24-38)37-25-27-41(28-26-37)51-55-49(39-12-4-1-5-13-39)54-50(56-51)40-14-6-2-7-15-40/h1-2,4-7,10-29,32-33H,3,8-9,30-31H2. The Labute approximate surface area is 327 Å². The van der Waals surface area contributed by atoms with Gasteiger partial charge in [-0.1, -0.05) is 171 Å². The third kappa shape index (κ3) is 5.90. The molecule has 0 aliphatic heterocycles. The third-order valence-electron chi connectivity index (χ3n) is 11.8. The van der Waals surface area contributed by atoms with Crippen molar-refractivity contribution < 1.29 is 0 Å². The monoisotopic (exact) mass is 718 g/mol. The van der Waals surface area contributed by atoms with Crippen LogP contribution in [0.5, 0.6) is 0 Å². The van der Waals surface area contributed by atoms with Crippen molar-refractivity contribution >= 4 is 0 Å². The van der Waals surface area contributed by atoms with Crippen LogP contribution in [0.2, 0.25) is 0 Å². The molecule has 56 heavy (non-hydrogen) atoms. The molecule has 0 saturated heterocycles. The molecule has 4 nitrogen and oxygen atoms in total. The highest BCUT2D eigenvalue weighted by Gasteiger charge is 2.44. The molecular formula is C52H38N4. The number of rotatable bonds is 6. The summed E-state index contributed by atoms with van der Waals surface area (Å²) in [6, 6.07) is 62.0. The van der Waals surface area contributed by atoms with Crippen LogP contribution >= 0.6 is 0 Å². The predicted octanol–water partition coefficient (Wildman–Crippen LogP) is 13.0. The molecule has 0 bridgehead atoms. The van der Waals surface area contributed by atoms with E-state index in [9.17, 15) is 5.26 Å². The molecule has 1 saturated carbocycles. The molecule has 266 valence electrons. The van der Waals surface area contributed by atoms with Crippen LogP contribution in [0.15, 0.2) is 170 Å². The van der Waals surface area contributed by atoms with Crippen LogP contribution in [0.3, 0.4) is 0 Å². The second-order valence-corrected chi connectivity index (χ2v) is 15.0. The van der Waals surface area contributed by atoms with E-state index in [0.717, 1.165) is 33.4 Å². The van der Waals surface area contributed by atoms with E-state index in [1.165, 1.54) is 76.6 Å². The first-order chi connectivity index (χ1) is 27.7. The second kappa shape index (κ2) is 14.0. The van der Waals surface area contributed by atoms with Crippen molar-refractivity contribution in [3.05, 3.63) is 187 Å². The molecule has 0 unspecified atom stereocenters. The van der Waals surface area contributed by atoms with Gasteiger partial charge in [0.15, 0.2) is 17.5 Å². The normalized spacial score (nSPS) is 13.8. The Hall–Kier alpha value is -6.96. The Bertz CT molecular complexity index is 2700. The van der Waals surface area contributed by atoms with Gasteiger partial charge in [-0.15, -0.1) is 0 Å². The number of fused-ring (bicyclic) bond motifs is 5. The lowest BCUT2D eigenvalue weighted by Gasteiger charge is -2.36. The van der Waals surface area contributed by atoms with Gasteiger partial charge in [-0.3, -0.25) is 0 Å². The van der Waals surface area contributed by atoms with Crippen molar-refractivity contribution in [3.8, 4) is 84.7 Å². The lowest BCUT2D eigenvalue weighted by atomic mass is 9.67. The van der Waals surface area contributed by atoms with Gasteiger partial charge in [0, 0.05) is 22.1 Å². The number of aromatic nitrogens is 3. The van der Waals surface area contributed by atoms with E-state index in [1.807, 2.05) is 66.7 Å².